The molecule has 1 aromatic rings. The Kier molecular flexibility index (Phi) is 6.05. The smallest absolute Gasteiger partial charge is 0.306 e. The number of aromatic nitrogens is 1. The fourth-order valence-corrected chi connectivity index (χ4v) is 3.96. The average molecular weight is 381 g/mol. The van der Waals surface area contributed by atoms with E-state index in [4.69, 9.17) is 5.11 Å². The van der Waals surface area contributed by atoms with E-state index in [1.54, 1.807) is 11.9 Å². The lowest BCUT2D eigenvalue weighted by Gasteiger charge is -2.31. The van der Waals surface area contributed by atoms with Gasteiger partial charge in [0.25, 0.3) is 5.91 Å². The Hall–Kier alpha value is -1.96. The maximum absolute atomic E-state index is 12.7. The maximum atomic E-state index is 12.7. The molecule has 1 N–H and O–H groups in total. The molecule has 1 aliphatic rings. The number of likely N-dealkylation sites (tertiary alicyclic amines) is 1. The lowest BCUT2D eigenvalue weighted by atomic mass is 9.97. The summed E-state index contributed by atoms with van der Waals surface area (Å²) in [5, 5.41) is 9.93. The number of hydrogen-bond acceptors (Lipinski definition) is 5. The van der Waals surface area contributed by atoms with Crippen molar-refractivity contribution in [2.75, 3.05) is 26.7 Å². The Bertz CT molecular complexity index is 700. The Morgan fingerprint density at radius 1 is 1.27 bits per heavy atom. The molecule has 0 aliphatic carbocycles. The van der Waals surface area contributed by atoms with Gasteiger partial charge in [0.1, 0.15) is 4.88 Å². The number of likely N-dealkylation sites (N-methyl/N-ethyl adjacent to an activating group) is 1. The van der Waals surface area contributed by atoms with Crippen LogP contribution >= 0.6 is 11.3 Å². The third kappa shape index (κ3) is 4.60. The average Bonchev–Trinajstić information content (AvgIpc) is 2.96. The fourth-order valence-electron chi connectivity index (χ4n) is 2.84. The number of piperidine rings is 1. The zero-order valence-electron chi connectivity index (χ0n) is 16.0. The van der Waals surface area contributed by atoms with E-state index in [0.717, 1.165) is 5.01 Å². The van der Waals surface area contributed by atoms with Crippen molar-refractivity contribution in [3.63, 3.8) is 0 Å². The molecule has 0 bridgehead atoms. The van der Waals surface area contributed by atoms with Gasteiger partial charge in [-0.15, -0.1) is 11.3 Å². The molecule has 2 amide bonds. The Labute approximate surface area is 158 Å². The lowest BCUT2D eigenvalue weighted by molar-refractivity contribution is -0.145. The van der Waals surface area contributed by atoms with E-state index >= 15 is 0 Å². The zero-order valence-corrected chi connectivity index (χ0v) is 16.9. The summed E-state index contributed by atoms with van der Waals surface area (Å²) in [5.74, 6) is -1.54. The van der Waals surface area contributed by atoms with Crippen LogP contribution in [0.1, 0.15) is 54.0 Å². The number of nitrogens with zero attached hydrogens (tertiary/aromatic N) is 3. The fraction of sp³-hybridized carbons (Fsp3) is 0.667. The van der Waals surface area contributed by atoms with E-state index in [-0.39, 0.29) is 29.7 Å². The summed E-state index contributed by atoms with van der Waals surface area (Å²) < 4.78 is 0. The summed E-state index contributed by atoms with van der Waals surface area (Å²) in [5.41, 5.74) is 0.558. The number of rotatable bonds is 4. The summed E-state index contributed by atoms with van der Waals surface area (Å²) in [6, 6.07) is 0. The van der Waals surface area contributed by atoms with Crippen LogP contribution in [0.25, 0.3) is 0 Å². The van der Waals surface area contributed by atoms with Gasteiger partial charge >= 0.3 is 5.97 Å². The SMILES string of the molecule is Cc1nc(C(C)(C)C)sc1C(=O)N(C)CC(=O)N1CCC(C(=O)O)CC1. The van der Waals surface area contributed by atoms with E-state index in [9.17, 15) is 14.4 Å². The Morgan fingerprint density at radius 2 is 1.85 bits per heavy atom. The summed E-state index contributed by atoms with van der Waals surface area (Å²) >= 11 is 1.38. The van der Waals surface area contributed by atoms with E-state index in [0.29, 0.717) is 36.5 Å². The first-order valence-corrected chi connectivity index (χ1v) is 9.56. The van der Waals surface area contributed by atoms with Crippen molar-refractivity contribution in [3.05, 3.63) is 15.6 Å². The molecule has 26 heavy (non-hydrogen) atoms. The minimum Gasteiger partial charge on any atom is -0.481 e. The minimum absolute atomic E-state index is 0.0151. The first kappa shape index (κ1) is 20.4. The number of amides is 2. The van der Waals surface area contributed by atoms with E-state index in [1.807, 2.05) is 27.7 Å². The third-order valence-electron chi connectivity index (χ3n) is 4.55. The third-order valence-corrected chi connectivity index (χ3v) is 6.12. The highest BCUT2D eigenvalue weighted by atomic mass is 32.1. The number of aryl methyl sites for hydroxylation is 1. The minimum atomic E-state index is -0.806. The molecule has 2 heterocycles. The van der Waals surface area contributed by atoms with Crippen molar-refractivity contribution in [2.24, 2.45) is 5.92 Å². The second-order valence-electron chi connectivity index (χ2n) is 7.84. The molecule has 1 aromatic heterocycles. The van der Waals surface area contributed by atoms with Crippen molar-refractivity contribution in [1.82, 2.24) is 14.8 Å². The molecular formula is C18H27N3O4S. The molecule has 0 spiro atoms. The van der Waals surface area contributed by atoms with Crippen LogP contribution in [0, 0.1) is 12.8 Å². The number of thiazole rings is 1. The van der Waals surface area contributed by atoms with Crippen molar-refractivity contribution < 1.29 is 19.5 Å². The van der Waals surface area contributed by atoms with Gasteiger partial charge in [-0.2, -0.15) is 0 Å². The van der Waals surface area contributed by atoms with Gasteiger partial charge in [-0.25, -0.2) is 4.98 Å². The highest BCUT2D eigenvalue weighted by Gasteiger charge is 2.29. The second kappa shape index (κ2) is 7.73. The van der Waals surface area contributed by atoms with Crippen molar-refractivity contribution in [2.45, 2.75) is 46.0 Å². The molecule has 0 radical (unpaired) electrons. The van der Waals surface area contributed by atoms with Gasteiger partial charge in [0.15, 0.2) is 0 Å². The molecule has 2 rings (SSSR count). The normalized spacial score (nSPS) is 15.8. The topological polar surface area (TPSA) is 90.8 Å². The van der Waals surface area contributed by atoms with Crippen LogP contribution in [0.4, 0.5) is 0 Å². The predicted octanol–water partition coefficient (Wildman–Crippen LogP) is 2.14. The number of aliphatic carboxylic acids is 1. The molecule has 1 aliphatic heterocycles. The van der Waals surface area contributed by atoms with Crippen LogP contribution in [-0.2, 0) is 15.0 Å². The number of carboxylic acids is 1. The first-order valence-electron chi connectivity index (χ1n) is 8.74. The molecule has 7 nitrogen and oxygen atoms in total. The molecule has 0 saturated carbocycles. The predicted molar refractivity (Wildman–Crippen MR) is 99.5 cm³/mol. The largest absolute Gasteiger partial charge is 0.481 e. The molecule has 1 saturated heterocycles. The molecule has 144 valence electrons. The van der Waals surface area contributed by atoms with E-state index < -0.39 is 5.97 Å². The van der Waals surface area contributed by atoms with Gasteiger partial charge in [-0.05, 0) is 19.8 Å². The van der Waals surface area contributed by atoms with Gasteiger partial charge < -0.3 is 14.9 Å². The number of carbonyl (C=O) groups excluding carboxylic acids is 2. The molecule has 0 aromatic carbocycles. The molecule has 1 fully saturated rings. The van der Waals surface area contributed by atoms with Gasteiger partial charge in [0, 0.05) is 25.6 Å². The maximum Gasteiger partial charge on any atom is 0.306 e. The summed E-state index contributed by atoms with van der Waals surface area (Å²) in [6.07, 6.45) is 0.920. The van der Waals surface area contributed by atoms with E-state index in [2.05, 4.69) is 4.98 Å². The molecule has 0 unspecified atom stereocenters. The highest BCUT2D eigenvalue weighted by molar-refractivity contribution is 7.14. The number of hydrogen-bond donors (Lipinski definition) is 1. The van der Waals surface area contributed by atoms with Crippen LogP contribution in [0.2, 0.25) is 0 Å². The second-order valence-corrected chi connectivity index (χ2v) is 8.84. The highest BCUT2D eigenvalue weighted by Crippen LogP contribution is 2.29. The molecule has 8 heteroatoms. The summed E-state index contributed by atoms with van der Waals surface area (Å²) in [7, 11) is 1.61. The monoisotopic (exact) mass is 381 g/mol. The van der Waals surface area contributed by atoms with Crippen LogP contribution in [-0.4, -0.2) is 64.4 Å². The zero-order chi connectivity index (χ0) is 19.6. The quantitative estimate of drug-likeness (QED) is 0.863. The van der Waals surface area contributed by atoms with Crippen LogP contribution in [0.15, 0.2) is 0 Å². The van der Waals surface area contributed by atoms with Crippen molar-refractivity contribution in [3.8, 4) is 0 Å². The van der Waals surface area contributed by atoms with Crippen LogP contribution < -0.4 is 0 Å². The lowest BCUT2D eigenvalue weighted by Crippen LogP contribution is -2.45. The van der Waals surface area contributed by atoms with Gasteiger partial charge in [-0.3, -0.25) is 14.4 Å². The van der Waals surface area contributed by atoms with Gasteiger partial charge in [0.2, 0.25) is 5.91 Å². The standard InChI is InChI=1S/C18H27N3O4S/c1-11-14(26-17(19-11)18(2,3)4)15(23)20(5)10-13(22)21-8-6-12(7-9-21)16(24)25/h12H,6-10H2,1-5H3,(H,24,25). The number of carbonyl (C=O) groups is 3. The molecular weight excluding hydrogens is 354 g/mol. The van der Waals surface area contributed by atoms with Gasteiger partial charge in [0.05, 0.1) is 23.2 Å². The first-order chi connectivity index (χ1) is 12.0. The number of carboxylic acid groups (broad SMARTS) is 1. The summed E-state index contributed by atoms with van der Waals surface area (Å²) in [4.78, 5) is 44.3. The van der Waals surface area contributed by atoms with Crippen LogP contribution in [0.5, 0.6) is 0 Å². The summed E-state index contributed by atoms with van der Waals surface area (Å²) in [6.45, 7) is 8.79. The van der Waals surface area contributed by atoms with Crippen molar-refractivity contribution in [1.29, 1.82) is 0 Å². The Balaban J connectivity index is 1.98. The Morgan fingerprint density at radius 3 is 2.31 bits per heavy atom. The van der Waals surface area contributed by atoms with Crippen LogP contribution in [0.3, 0.4) is 0 Å². The molecule has 0 atom stereocenters. The van der Waals surface area contributed by atoms with Crippen molar-refractivity contribution >= 4 is 29.1 Å². The van der Waals surface area contributed by atoms with Gasteiger partial charge in [-0.1, -0.05) is 20.8 Å². The van der Waals surface area contributed by atoms with E-state index in [1.165, 1.54) is 16.2 Å².